The van der Waals surface area contributed by atoms with Crippen molar-refractivity contribution in [2.45, 2.75) is 69.5 Å². The van der Waals surface area contributed by atoms with Gasteiger partial charge in [0.25, 0.3) is 5.91 Å². The average molecular weight is 458 g/mol. The van der Waals surface area contributed by atoms with E-state index in [0.717, 1.165) is 67.8 Å². The van der Waals surface area contributed by atoms with Gasteiger partial charge in [0.05, 0.1) is 5.52 Å². The third-order valence-corrected chi connectivity index (χ3v) is 7.24. The largest absolute Gasteiger partial charge is 0.508 e. The Hall–Kier alpha value is -3.41. The number of rotatable bonds is 6. The fourth-order valence-electron chi connectivity index (χ4n) is 5.48. The quantitative estimate of drug-likeness (QED) is 0.538. The maximum atomic E-state index is 13.9. The number of pyridine rings is 1. The van der Waals surface area contributed by atoms with Crippen LogP contribution >= 0.6 is 0 Å². The minimum Gasteiger partial charge on any atom is -0.508 e. The molecule has 5 rings (SSSR count). The zero-order chi connectivity index (χ0) is 23.5. The highest BCUT2D eigenvalue weighted by Crippen LogP contribution is 2.35. The van der Waals surface area contributed by atoms with Crippen molar-refractivity contribution in [1.29, 1.82) is 0 Å². The predicted octanol–water partition coefficient (Wildman–Crippen LogP) is 5.13. The van der Waals surface area contributed by atoms with Crippen LogP contribution in [-0.2, 0) is 4.79 Å². The summed E-state index contributed by atoms with van der Waals surface area (Å²) in [7, 11) is 0. The van der Waals surface area contributed by atoms with E-state index < -0.39 is 6.04 Å². The van der Waals surface area contributed by atoms with Gasteiger partial charge in [-0.2, -0.15) is 0 Å². The molecule has 2 aromatic carbocycles. The SMILES string of the molecule is O=C(NC1CCCC1)[C@@H](c1ccc2ncccc2c1)N(C(=O)c1ccc(O)cc1)C1CCCC1. The van der Waals surface area contributed by atoms with Crippen molar-refractivity contribution in [2.24, 2.45) is 0 Å². The van der Waals surface area contributed by atoms with Crippen molar-refractivity contribution >= 4 is 22.7 Å². The molecule has 2 N–H and O–H groups in total. The van der Waals surface area contributed by atoms with E-state index in [1.54, 1.807) is 23.2 Å². The molecule has 6 heteroatoms. The molecular weight excluding hydrogens is 426 g/mol. The molecule has 1 aromatic heterocycles. The number of aromatic nitrogens is 1. The Balaban J connectivity index is 1.58. The number of hydrogen-bond acceptors (Lipinski definition) is 4. The summed E-state index contributed by atoms with van der Waals surface area (Å²) in [5, 5.41) is 13.9. The summed E-state index contributed by atoms with van der Waals surface area (Å²) in [4.78, 5) is 34.0. The number of amides is 2. The molecule has 2 saturated carbocycles. The number of aromatic hydroxyl groups is 1. The fourth-order valence-corrected chi connectivity index (χ4v) is 5.48. The zero-order valence-corrected chi connectivity index (χ0v) is 19.3. The second-order valence-electron chi connectivity index (χ2n) is 9.55. The van der Waals surface area contributed by atoms with E-state index in [-0.39, 0.29) is 29.6 Å². The second kappa shape index (κ2) is 9.84. The van der Waals surface area contributed by atoms with Gasteiger partial charge in [-0.1, -0.05) is 37.8 Å². The van der Waals surface area contributed by atoms with E-state index in [9.17, 15) is 14.7 Å². The highest BCUT2D eigenvalue weighted by molar-refractivity contribution is 5.98. The molecule has 176 valence electrons. The van der Waals surface area contributed by atoms with Crippen LogP contribution in [0.3, 0.4) is 0 Å². The van der Waals surface area contributed by atoms with Crippen LogP contribution in [-0.4, -0.2) is 38.9 Å². The number of fused-ring (bicyclic) bond motifs is 1. The van der Waals surface area contributed by atoms with Crippen molar-refractivity contribution in [3.8, 4) is 5.75 Å². The minimum absolute atomic E-state index is 0.00905. The van der Waals surface area contributed by atoms with Crippen LogP contribution in [0.1, 0.15) is 73.3 Å². The number of phenolic OH excluding ortho intramolecular Hbond substituents is 1. The van der Waals surface area contributed by atoms with Crippen LogP contribution in [0.5, 0.6) is 5.75 Å². The average Bonchev–Trinajstić information content (AvgIpc) is 3.57. The van der Waals surface area contributed by atoms with Crippen LogP contribution in [0.2, 0.25) is 0 Å². The first-order valence-corrected chi connectivity index (χ1v) is 12.4. The summed E-state index contributed by atoms with van der Waals surface area (Å²) in [6.45, 7) is 0. The van der Waals surface area contributed by atoms with Gasteiger partial charge in [-0.3, -0.25) is 14.6 Å². The molecule has 2 fully saturated rings. The molecule has 6 nitrogen and oxygen atoms in total. The van der Waals surface area contributed by atoms with Crippen LogP contribution in [0.4, 0.5) is 0 Å². The van der Waals surface area contributed by atoms with Crippen molar-refractivity contribution in [3.63, 3.8) is 0 Å². The van der Waals surface area contributed by atoms with Gasteiger partial charge in [-0.25, -0.2) is 0 Å². The first kappa shape index (κ1) is 22.4. The Kier molecular flexibility index (Phi) is 6.48. The van der Waals surface area contributed by atoms with Gasteiger partial charge in [-0.05, 0) is 73.7 Å². The van der Waals surface area contributed by atoms with Crippen molar-refractivity contribution in [1.82, 2.24) is 15.2 Å². The van der Waals surface area contributed by atoms with Crippen molar-refractivity contribution < 1.29 is 14.7 Å². The maximum Gasteiger partial charge on any atom is 0.255 e. The molecule has 3 aromatic rings. The van der Waals surface area contributed by atoms with Gasteiger partial charge in [-0.15, -0.1) is 0 Å². The highest BCUT2D eigenvalue weighted by atomic mass is 16.3. The lowest BCUT2D eigenvalue weighted by atomic mass is 9.97. The lowest BCUT2D eigenvalue weighted by molar-refractivity contribution is -0.127. The Morgan fingerprint density at radius 1 is 0.941 bits per heavy atom. The van der Waals surface area contributed by atoms with Gasteiger partial charge in [0.2, 0.25) is 5.91 Å². The summed E-state index contributed by atoms with van der Waals surface area (Å²) < 4.78 is 0. The molecule has 2 amide bonds. The number of hydrogen-bond donors (Lipinski definition) is 2. The molecule has 34 heavy (non-hydrogen) atoms. The lowest BCUT2D eigenvalue weighted by Gasteiger charge is -2.37. The Morgan fingerprint density at radius 2 is 1.65 bits per heavy atom. The third kappa shape index (κ3) is 4.63. The maximum absolute atomic E-state index is 13.9. The number of nitrogens with zero attached hydrogens (tertiary/aromatic N) is 2. The van der Waals surface area contributed by atoms with Gasteiger partial charge < -0.3 is 15.3 Å². The molecule has 1 heterocycles. The fraction of sp³-hybridized carbons (Fsp3) is 0.393. The number of carbonyl (C=O) groups is 2. The normalized spacial score (nSPS) is 17.6. The van der Waals surface area contributed by atoms with E-state index in [1.807, 2.05) is 30.3 Å². The van der Waals surface area contributed by atoms with Crippen LogP contribution in [0.25, 0.3) is 10.9 Å². The molecule has 0 radical (unpaired) electrons. The summed E-state index contributed by atoms with van der Waals surface area (Å²) >= 11 is 0. The molecule has 0 aliphatic heterocycles. The highest BCUT2D eigenvalue weighted by Gasteiger charge is 2.39. The first-order valence-electron chi connectivity index (χ1n) is 12.4. The van der Waals surface area contributed by atoms with Crippen LogP contribution in [0, 0.1) is 0 Å². The van der Waals surface area contributed by atoms with E-state index >= 15 is 0 Å². The number of nitrogens with one attached hydrogen (secondary N) is 1. The number of phenols is 1. The van der Waals surface area contributed by atoms with Gasteiger partial charge in [0.1, 0.15) is 11.8 Å². The van der Waals surface area contributed by atoms with Gasteiger partial charge in [0.15, 0.2) is 0 Å². The Labute approximate surface area is 200 Å². The molecule has 0 bridgehead atoms. The molecule has 2 aliphatic carbocycles. The van der Waals surface area contributed by atoms with Gasteiger partial charge in [0, 0.05) is 29.2 Å². The van der Waals surface area contributed by atoms with Crippen molar-refractivity contribution in [2.75, 3.05) is 0 Å². The van der Waals surface area contributed by atoms with Gasteiger partial charge >= 0.3 is 0 Å². The molecule has 0 saturated heterocycles. The van der Waals surface area contributed by atoms with Crippen molar-refractivity contribution in [3.05, 3.63) is 71.9 Å². The smallest absolute Gasteiger partial charge is 0.255 e. The molecule has 0 spiro atoms. The Bertz CT molecular complexity index is 1160. The molecule has 0 unspecified atom stereocenters. The van der Waals surface area contributed by atoms with E-state index in [4.69, 9.17) is 0 Å². The van der Waals surface area contributed by atoms with Crippen LogP contribution < -0.4 is 5.32 Å². The number of carbonyl (C=O) groups excluding carboxylic acids is 2. The van der Waals surface area contributed by atoms with Crippen LogP contribution in [0.15, 0.2) is 60.8 Å². The molecule has 1 atom stereocenters. The zero-order valence-electron chi connectivity index (χ0n) is 19.3. The topological polar surface area (TPSA) is 82.5 Å². The summed E-state index contributed by atoms with van der Waals surface area (Å²) in [5.41, 5.74) is 2.14. The standard InChI is InChI=1S/C28H31N3O3/c32-24-14-11-19(12-15-24)28(34)31(23-9-3-4-10-23)26(27(33)30-22-7-1-2-8-22)21-13-16-25-20(18-21)6-5-17-29-25/h5-6,11-18,22-23,26,32H,1-4,7-10H2,(H,30,33)/t26-/m1/s1. The van der Waals surface area contributed by atoms with E-state index in [2.05, 4.69) is 10.3 Å². The Morgan fingerprint density at radius 3 is 2.38 bits per heavy atom. The monoisotopic (exact) mass is 457 g/mol. The third-order valence-electron chi connectivity index (χ3n) is 7.24. The summed E-state index contributed by atoms with van der Waals surface area (Å²) in [6, 6.07) is 15.5. The molecule has 2 aliphatic rings. The summed E-state index contributed by atoms with van der Waals surface area (Å²) in [6.07, 6.45) is 9.81. The van der Waals surface area contributed by atoms with E-state index in [1.165, 1.54) is 12.1 Å². The van der Waals surface area contributed by atoms with E-state index in [0.29, 0.717) is 5.56 Å². The summed E-state index contributed by atoms with van der Waals surface area (Å²) in [5.74, 6) is -0.180. The minimum atomic E-state index is -0.727. The number of benzene rings is 2. The lowest BCUT2D eigenvalue weighted by Crippen LogP contribution is -2.49. The first-order chi connectivity index (χ1) is 16.6. The second-order valence-corrected chi connectivity index (χ2v) is 9.55. The molecular formula is C28H31N3O3. The predicted molar refractivity (Wildman–Crippen MR) is 131 cm³/mol.